The Morgan fingerprint density at radius 1 is 1.47 bits per heavy atom. The number of hydrogen-bond donors (Lipinski definition) is 0. The van der Waals surface area contributed by atoms with Crippen molar-refractivity contribution < 1.29 is 14.3 Å². The Kier molecular flexibility index (Phi) is 3.67. The summed E-state index contributed by atoms with van der Waals surface area (Å²) < 4.78 is 10.5. The van der Waals surface area contributed by atoms with Crippen molar-refractivity contribution >= 4 is 5.97 Å². The second-order valence-corrected chi connectivity index (χ2v) is 4.40. The van der Waals surface area contributed by atoms with E-state index >= 15 is 0 Å². The lowest BCUT2D eigenvalue weighted by molar-refractivity contribution is -0.149. The summed E-state index contributed by atoms with van der Waals surface area (Å²) in [7, 11) is 1.41. The first-order valence-corrected chi connectivity index (χ1v) is 6.08. The Bertz CT molecular complexity index is 396. The van der Waals surface area contributed by atoms with Crippen molar-refractivity contribution in [3.8, 4) is 5.75 Å². The van der Waals surface area contributed by atoms with Gasteiger partial charge in [-0.05, 0) is 37.0 Å². The highest BCUT2D eigenvalue weighted by atomic mass is 16.6. The molecule has 1 aromatic rings. The fraction of sp³-hybridized carbons (Fsp3) is 0.500. The maximum Gasteiger partial charge on any atom is 0.347 e. The van der Waals surface area contributed by atoms with Crippen LogP contribution in [-0.4, -0.2) is 19.2 Å². The van der Waals surface area contributed by atoms with Crippen LogP contribution in [-0.2, 0) is 16.0 Å². The van der Waals surface area contributed by atoms with Gasteiger partial charge in [-0.2, -0.15) is 0 Å². The number of aryl methyl sites for hydroxylation is 1. The topological polar surface area (TPSA) is 35.5 Å². The Morgan fingerprint density at radius 3 is 2.82 bits per heavy atom. The van der Waals surface area contributed by atoms with E-state index in [4.69, 9.17) is 9.47 Å². The van der Waals surface area contributed by atoms with E-state index in [0.717, 1.165) is 25.0 Å². The van der Waals surface area contributed by atoms with Crippen LogP contribution in [0.5, 0.6) is 5.75 Å². The van der Waals surface area contributed by atoms with Crippen molar-refractivity contribution in [1.82, 2.24) is 0 Å². The highest BCUT2D eigenvalue weighted by Crippen LogP contribution is 2.35. The van der Waals surface area contributed by atoms with E-state index in [2.05, 4.69) is 13.0 Å². The van der Waals surface area contributed by atoms with E-state index in [1.54, 1.807) is 0 Å². The molecule has 1 fully saturated rings. The van der Waals surface area contributed by atoms with E-state index in [0.29, 0.717) is 5.92 Å². The molecule has 1 unspecified atom stereocenters. The van der Waals surface area contributed by atoms with Gasteiger partial charge in [-0.1, -0.05) is 19.1 Å². The molecule has 3 heteroatoms. The number of hydrogen-bond acceptors (Lipinski definition) is 3. The Labute approximate surface area is 102 Å². The molecule has 1 aliphatic rings. The van der Waals surface area contributed by atoms with Crippen LogP contribution in [0.25, 0.3) is 0 Å². The normalized spacial score (nSPS) is 16.4. The van der Waals surface area contributed by atoms with E-state index in [-0.39, 0.29) is 5.97 Å². The van der Waals surface area contributed by atoms with Crippen molar-refractivity contribution in [2.45, 2.75) is 32.3 Å². The molecule has 0 N–H and O–H groups in total. The van der Waals surface area contributed by atoms with Gasteiger partial charge in [0.2, 0.25) is 0 Å². The molecule has 0 aliphatic heterocycles. The molecule has 1 aliphatic carbocycles. The predicted molar refractivity (Wildman–Crippen MR) is 65.0 cm³/mol. The van der Waals surface area contributed by atoms with Crippen molar-refractivity contribution in [3.05, 3.63) is 29.8 Å². The third-order valence-electron chi connectivity index (χ3n) is 3.05. The summed E-state index contributed by atoms with van der Waals surface area (Å²) in [6, 6.07) is 7.88. The first kappa shape index (κ1) is 12.0. The van der Waals surface area contributed by atoms with Crippen molar-refractivity contribution in [2.24, 2.45) is 5.92 Å². The number of rotatable bonds is 5. The number of ether oxygens (including phenoxy) is 2. The van der Waals surface area contributed by atoms with Crippen LogP contribution in [0.15, 0.2) is 24.3 Å². The molecule has 1 aromatic carbocycles. The van der Waals surface area contributed by atoms with Gasteiger partial charge >= 0.3 is 5.97 Å². The molecule has 1 atom stereocenters. The first-order valence-electron chi connectivity index (χ1n) is 6.08. The van der Waals surface area contributed by atoms with E-state index in [9.17, 15) is 4.79 Å². The zero-order valence-electron chi connectivity index (χ0n) is 10.3. The molecular formula is C14H18O3. The third kappa shape index (κ3) is 2.99. The summed E-state index contributed by atoms with van der Waals surface area (Å²) in [5, 5.41) is 0. The van der Waals surface area contributed by atoms with Gasteiger partial charge in [0, 0.05) is 5.92 Å². The Balaban J connectivity index is 2.08. The lowest BCUT2D eigenvalue weighted by Gasteiger charge is -2.16. The lowest BCUT2D eigenvalue weighted by Crippen LogP contribution is -2.30. The molecule has 0 saturated heterocycles. The second kappa shape index (κ2) is 5.21. The smallest absolute Gasteiger partial charge is 0.347 e. The predicted octanol–water partition coefficient (Wildman–Crippen LogP) is 2.58. The summed E-state index contributed by atoms with van der Waals surface area (Å²) in [4.78, 5) is 11.6. The van der Waals surface area contributed by atoms with Crippen LogP contribution in [0, 0.1) is 5.92 Å². The number of benzene rings is 1. The van der Waals surface area contributed by atoms with Crippen LogP contribution in [0.4, 0.5) is 0 Å². The summed E-state index contributed by atoms with van der Waals surface area (Å²) in [6.45, 7) is 2.10. The van der Waals surface area contributed by atoms with Crippen LogP contribution in [0.2, 0.25) is 0 Å². The minimum Gasteiger partial charge on any atom is -0.478 e. The first-order chi connectivity index (χ1) is 8.24. The molecule has 92 valence electrons. The maximum absolute atomic E-state index is 11.6. The Morgan fingerprint density at radius 2 is 2.24 bits per heavy atom. The van der Waals surface area contributed by atoms with E-state index in [1.165, 1.54) is 12.7 Å². The third-order valence-corrected chi connectivity index (χ3v) is 3.05. The van der Waals surface area contributed by atoms with Crippen LogP contribution in [0.1, 0.15) is 25.3 Å². The fourth-order valence-electron chi connectivity index (χ4n) is 1.84. The van der Waals surface area contributed by atoms with Gasteiger partial charge in [-0.3, -0.25) is 0 Å². The minimum absolute atomic E-state index is 0.269. The quantitative estimate of drug-likeness (QED) is 0.734. The van der Waals surface area contributed by atoms with Crippen molar-refractivity contribution in [3.63, 3.8) is 0 Å². The molecule has 0 radical (unpaired) electrons. The second-order valence-electron chi connectivity index (χ2n) is 4.40. The highest BCUT2D eigenvalue weighted by molar-refractivity contribution is 5.75. The zero-order valence-corrected chi connectivity index (χ0v) is 10.3. The minimum atomic E-state index is -0.438. The molecule has 0 heterocycles. The zero-order chi connectivity index (χ0) is 12.3. The van der Waals surface area contributed by atoms with Gasteiger partial charge in [0.15, 0.2) is 6.10 Å². The maximum atomic E-state index is 11.6. The van der Waals surface area contributed by atoms with Crippen molar-refractivity contribution in [1.29, 1.82) is 0 Å². The van der Waals surface area contributed by atoms with Crippen LogP contribution < -0.4 is 4.74 Å². The SMILES string of the molecule is CCc1cccc(OC(C(=O)OC)C2CC2)c1. The van der Waals surface area contributed by atoms with Gasteiger partial charge in [-0.25, -0.2) is 4.79 Å². The monoisotopic (exact) mass is 234 g/mol. The molecule has 0 spiro atoms. The van der Waals surface area contributed by atoms with E-state index < -0.39 is 6.10 Å². The molecule has 0 amide bonds. The lowest BCUT2D eigenvalue weighted by atomic mass is 10.1. The van der Waals surface area contributed by atoms with Gasteiger partial charge in [-0.15, -0.1) is 0 Å². The van der Waals surface area contributed by atoms with E-state index in [1.807, 2.05) is 18.2 Å². The molecule has 1 saturated carbocycles. The number of carbonyl (C=O) groups is 1. The highest BCUT2D eigenvalue weighted by Gasteiger charge is 2.38. The summed E-state index contributed by atoms with van der Waals surface area (Å²) in [5.41, 5.74) is 1.21. The van der Waals surface area contributed by atoms with Gasteiger partial charge in [0.05, 0.1) is 7.11 Å². The average Bonchev–Trinajstić information content (AvgIpc) is 3.19. The van der Waals surface area contributed by atoms with Gasteiger partial charge in [0.25, 0.3) is 0 Å². The molecule has 3 nitrogen and oxygen atoms in total. The van der Waals surface area contributed by atoms with Crippen LogP contribution in [0.3, 0.4) is 0 Å². The summed E-state index contributed by atoms with van der Waals surface area (Å²) in [5.74, 6) is 0.814. The van der Waals surface area contributed by atoms with Gasteiger partial charge < -0.3 is 9.47 Å². The largest absolute Gasteiger partial charge is 0.478 e. The molecule has 0 aromatic heterocycles. The standard InChI is InChI=1S/C14H18O3/c1-3-10-5-4-6-12(9-10)17-13(11-7-8-11)14(15)16-2/h4-6,9,11,13H,3,7-8H2,1-2H3. The molecular weight excluding hydrogens is 216 g/mol. The molecule has 0 bridgehead atoms. The molecule has 17 heavy (non-hydrogen) atoms. The fourth-order valence-corrected chi connectivity index (χ4v) is 1.84. The summed E-state index contributed by atoms with van der Waals surface area (Å²) >= 11 is 0. The average molecular weight is 234 g/mol. The van der Waals surface area contributed by atoms with Gasteiger partial charge in [0.1, 0.15) is 5.75 Å². The van der Waals surface area contributed by atoms with Crippen molar-refractivity contribution in [2.75, 3.05) is 7.11 Å². The van der Waals surface area contributed by atoms with Crippen LogP contribution >= 0.6 is 0 Å². The number of esters is 1. The summed E-state index contributed by atoms with van der Waals surface area (Å²) in [6.07, 6.45) is 2.62. The Hall–Kier alpha value is -1.51. The number of methoxy groups -OCH3 is 1. The molecule has 2 rings (SSSR count). The number of carbonyl (C=O) groups excluding carboxylic acids is 1.